The maximum Gasteiger partial charge on any atom is 0.0632 e. The van der Waals surface area contributed by atoms with Crippen LogP contribution in [0.4, 0.5) is 0 Å². The summed E-state index contributed by atoms with van der Waals surface area (Å²) in [5, 5.41) is 0. The summed E-state index contributed by atoms with van der Waals surface area (Å²) in [7, 11) is 1.75. The number of ether oxygens (including phenoxy) is 1. The molecule has 0 amide bonds. The molecule has 1 aliphatic rings. The molecule has 0 aliphatic heterocycles. The highest BCUT2D eigenvalue weighted by molar-refractivity contribution is 4.80. The molecule has 0 saturated heterocycles. The van der Waals surface area contributed by atoms with Crippen LogP contribution < -0.4 is 11.3 Å². The van der Waals surface area contributed by atoms with Crippen LogP contribution in [0.3, 0.4) is 0 Å². The summed E-state index contributed by atoms with van der Waals surface area (Å²) in [5.74, 6) is 7.26. The number of unbranched alkanes of at least 4 members (excludes halogenated alkanes) is 1. The summed E-state index contributed by atoms with van der Waals surface area (Å²) in [5.41, 5.74) is 2.91. The van der Waals surface area contributed by atoms with Gasteiger partial charge in [0.2, 0.25) is 0 Å². The van der Waals surface area contributed by atoms with E-state index in [-0.39, 0.29) is 0 Å². The number of nitrogens with one attached hydrogen (secondary N) is 1. The quantitative estimate of drug-likeness (QED) is 0.520. The normalized spacial score (nSPS) is 27.9. The molecule has 1 rings (SSSR count). The van der Waals surface area contributed by atoms with Crippen LogP contribution in [0.1, 0.15) is 51.9 Å². The molecule has 0 radical (unpaired) electrons. The number of hydrogen-bond acceptors (Lipinski definition) is 3. The second-order valence-electron chi connectivity index (χ2n) is 5.15. The minimum absolute atomic E-state index is 0.345. The first-order valence-corrected chi connectivity index (χ1v) is 6.76. The molecule has 0 heterocycles. The first kappa shape index (κ1) is 13.9. The monoisotopic (exact) mass is 228 g/mol. The maximum absolute atomic E-state index is 5.57. The van der Waals surface area contributed by atoms with Crippen molar-refractivity contribution in [2.75, 3.05) is 13.7 Å². The van der Waals surface area contributed by atoms with Crippen molar-refractivity contribution in [2.45, 2.75) is 57.9 Å². The average Bonchev–Trinajstić information content (AvgIpc) is 2.34. The van der Waals surface area contributed by atoms with Crippen LogP contribution >= 0.6 is 0 Å². The molecule has 0 aromatic rings. The Kier molecular flexibility index (Phi) is 7.01. The van der Waals surface area contributed by atoms with Gasteiger partial charge in [-0.3, -0.25) is 11.3 Å². The van der Waals surface area contributed by atoms with Crippen LogP contribution in [0.25, 0.3) is 0 Å². The second-order valence-corrected chi connectivity index (χ2v) is 5.15. The molecular weight excluding hydrogens is 200 g/mol. The Morgan fingerprint density at radius 3 is 2.50 bits per heavy atom. The van der Waals surface area contributed by atoms with E-state index >= 15 is 0 Å². The largest absolute Gasteiger partial charge is 0.383 e. The summed E-state index contributed by atoms with van der Waals surface area (Å²) in [6, 6.07) is 0.345. The number of nitrogens with two attached hydrogens (primary N) is 1. The van der Waals surface area contributed by atoms with Crippen molar-refractivity contribution in [3.8, 4) is 0 Å². The Morgan fingerprint density at radius 2 is 2.00 bits per heavy atom. The lowest BCUT2D eigenvalue weighted by molar-refractivity contribution is 0.115. The summed E-state index contributed by atoms with van der Waals surface area (Å²) < 4.78 is 5.20. The zero-order valence-corrected chi connectivity index (χ0v) is 10.9. The summed E-state index contributed by atoms with van der Waals surface area (Å²) in [6.07, 6.45) is 9.54. The Labute approximate surface area is 100 Å². The van der Waals surface area contributed by atoms with Gasteiger partial charge >= 0.3 is 0 Å². The third-order valence-corrected chi connectivity index (χ3v) is 3.99. The van der Waals surface area contributed by atoms with Crippen LogP contribution in [-0.2, 0) is 4.74 Å². The molecule has 3 heteroatoms. The molecule has 1 atom stereocenters. The highest BCUT2D eigenvalue weighted by Crippen LogP contribution is 2.33. The highest BCUT2D eigenvalue weighted by Gasteiger charge is 2.26. The van der Waals surface area contributed by atoms with Gasteiger partial charge in [-0.05, 0) is 24.7 Å². The van der Waals surface area contributed by atoms with Crippen LogP contribution in [0.2, 0.25) is 0 Å². The van der Waals surface area contributed by atoms with Crippen LogP contribution in [0, 0.1) is 11.8 Å². The number of hydrogen-bond donors (Lipinski definition) is 2. The molecule has 0 aromatic heterocycles. The van der Waals surface area contributed by atoms with Crippen LogP contribution in [-0.4, -0.2) is 19.8 Å². The minimum Gasteiger partial charge on any atom is -0.383 e. The number of rotatable bonds is 7. The molecule has 0 aromatic carbocycles. The van der Waals surface area contributed by atoms with Gasteiger partial charge in [0.15, 0.2) is 0 Å². The lowest BCUT2D eigenvalue weighted by Crippen LogP contribution is -2.45. The molecule has 1 saturated carbocycles. The Bertz CT molecular complexity index is 167. The second kappa shape index (κ2) is 8.04. The Morgan fingerprint density at radius 1 is 1.31 bits per heavy atom. The topological polar surface area (TPSA) is 47.3 Å². The summed E-state index contributed by atoms with van der Waals surface area (Å²) >= 11 is 0. The van der Waals surface area contributed by atoms with Crippen molar-refractivity contribution >= 4 is 0 Å². The van der Waals surface area contributed by atoms with Crippen molar-refractivity contribution < 1.29 is 4.74 Å². The molecule has 96 valence electrons. The van der Waals surface area contributed by atoms with E-state index in [2.05, 4.69) is 12.3 Å². The van der Waals surface area contributed by atoms with Crippen LogP contribution in [0.15, 0.2) is 0 Å². The first-order valence-electron chi connectivity index (χ1n) is 6.76. The molecule has 3 nitrogen and oxygen atoms in total. The highest BCUT2D eigenvalue weighted by atomic mass is 16.5. The molecule has 1 aliphatic carbocycles. The SMILES string of the molecule is CCCCC1CCC(C(COC)NN)CC1. The van der Waals surface area contributed by atoms with E-state index in [9.17, 15) is 0 Å². The smallest absolute Gasteiger partial charge is 0.0632 e. The predicted molar refractivity (Wildman–Crippen MR) is 68.0 cm³/mol. The van der Waals surface area contributed by atoms with Crippen LogP contribution in [0.5, 0.6) is 0 Å². The molecule has 16 heavy (non-hydrogen) atoms. The predicted octanol–water partition coefficient (Wildman–Crippen LogP) is 2.46. The van der Waals surface area contributed by atoms with Gasteiger partial charge in [-0.1, -0.05) is 39.0 Å². The van der Waals surface area contributed by atoms with Crippen molar-refractivity contribution in [1.82, 2.24) is 5.43 Å². The third kappa shape index (κ3) is 4.40. The number of hydrazine groups is 1. The Hall–Kier alpha value is -0.120. The van der Waals surface area contributed by atoms with E-state index in [0.717, 1.165) is 12.5 Å². The minimum atomic E-state index is 0.345. The van der Waals surface area contributed by atoms with Gasteiger partial charge < -0.3 is 4.74 Å². The Balaban J connectivity index is 2.24. The fraction of sp³-hybridized carbons (Fsp3) is 1.00. The van der Waals surface area contributed by atoms with Gasteiger partial charge in [0, 0.05) is 13.2 Å². The van der Waals surface area contributed by atoms with Gasteiger partial charge in [-0.15, -0.1) is 0 Å². The zero-order chi connectivity index (χ0) is 11.8. The van der Waals surface area contributed by atoms with Gasteiger partial charge in [0.1, 0.15) is 0 Å². The van der Waals surface area contributed by atoms with E-state index in [1.807, 2.05) is 0 Å². The lowest BCUT2D eigenvalue weighted by Gasteiger charge is -2.33. The molecule has 1 unspecified atom stereocenters. The van der Waals surface area contributed by atoms with E-state index in [1.54, 1.807) is 7.11 Å². The molecule has 3 N–H and O–H groups in total. The third-order valence-electron chi connectivity index (χ3n) is 3.99. The fourth-order valence-corrected chi connectivity index (χ4v) is 2.87. The van der Waals surface area contributed by atoms with Gasteiger partial charge in [-0.2, -0.15) is 0 Å². The van der Waals surface area contributed by atoms with E-state index in [4.69, 9.17) is 10.6 Å². The number of methoxy groups -OCH3 is 1. The van der Waals surface area contributed by atoms with Crippen molar-refractivity contribution in [2.24, 2.45) is 17.7 Å². The average molecular weight is 228 g/mol. The van der Waals surface area contributed by atoms with E-state index in [1.165, 1.54) is 44.9 Å². The molecular formula is C13H28N2O. The van der Waals surface area contributed by atoms with Gasteiger partial charge in [0.05, 0.1) is 6.61 Å². The molecule has 0 bridgehead atoms. The van der Waals surface area contributed by atoms with Crippen molar-refractivity contribution in [1.29, 1.82) is 0 Å². The zero-order valence-electron chi connectivity index (χ0n) is 10.9. The standard InChI is InChI=1S/C13H28N2O/c1-3-4-5-11-6-8-12(9-7-11)13(15-14)10-16-2/h11-13,15H,3-10,14H2,1-2H3. The van der Waals surface area contributed by atoms with E-state index < -0.39 is 0 Å². The first-order chi connectivity index (χ1) is 7.81. The molecule has 1 fully saturated rings. The fourth-order valence-electron chi connectivity index (χ4n) is 2.87. The van der Waals surface area contributed by atoms with Gasteiger partial charge in [0.25, 0.3) is 0 Å². The summed E-state index contributed by atoms with van der Waals surface area (Å²) in [6.45, 7) is 3.01. The molecule has 0 spiro atoms. The van der Waals surface area contributed by atoms with E-state index in [0.29, 0.717) is 12.0 Å². The van der Waals surface area contributed by atoms with Gasteiger partial charge in [-0.25, -0.2) is 0 Å². The summed E-state index contributed by atoms with van der Waals surface area (Å²) in [4.78, 5) is 0. The maximum atomic E-state index is 5.57. The van der Waals surface area contributed by atoms with Crippen molar-refractivity contribution in [3.05, 3.63) is 0 Å². The van der Waals surface area contributed by atoms with Crippen molar-refractivity contribution in [3.63, 3.8) is 0 Å². The lowest BCUT2D eigenvalue weighted by atomic mass is 9.77.